The van der Waals surface area contributed by atoms with Crippen molar-refractivity contribution >= 4 is 18.0 Å². The maximum atomic E-state index is 14.3. The Bertz CT molecular complexity index is 1740. The molecule has 0 saturated carbocycles. The van der Waals surface area contributed by atoms with E-state index in [2.05, 4.69) is 15.0 Å². The molecule has 1 N–H and O–H groups in total. The molecule has 0 unspecified atom stereocenters. The lowest BCUT2D eigenvalue weighted by Gasteiger charge is -2.42. The highest BCUT2D eigenvalue weighted by molar-refractivity contribution is 6.07. The number of piperidine rings is 1. The summed E-state index contributed by atoms with van der Waals surface area (Å²) in [6.07, 6.45) is -5.64. The van der Waals surface area contributed by atoms with Crippen LogP contribution in [0.15, 0.2) is 47.0 Å². The zero-order chi connectivity index (χ0) is 35.8. The average molecular weight is 701 g/mol. The second-order valence-corrected chi connectivity index (χ2v) is 13.6. The summed E-state index contributed by atoms with van der Waals surface area (Å²) in [5.41, 5.74) is -1.95. The summed E-state index contributed by atoms with van der Waals surface area (Å²) in [6, 6.07) is 9.76. The highest BCUT2D eigenvalue weighted by atomic mass is 19.4. The van der Waals surface area contributed by atoms with E-state index < -0.39 is 47.6 Å². The molecule has 0 bridgehead atoms. The Morgan fingerprint density at radius 2 is 1.64 bits per heavy atom. The van der Waals surface area contributed by atoms with Crippen LogP contribution in [-0.4, -0.2) is 111 Å². The van der Waals surface area contributed by atoms with Crippen LogP contribution >= 0.6 is 0 Å². The normalized spacial score (nSPS) is 18.7. The van der Waals surface area contributed by atoms with Gasteiger partial charge in [0.15, 0.2) is 0 Å². The van der Waals surface area contributed by atoms with E-state index in [0.29, 0.717) is 38.6 Å². The van der Waals surface area contributed by atoms with Crippen LogP contribution in [0.5, 0.6) is 11.5 Å². The van der Waals surface area contributed by atoms with E-state index in [1.54, 1.807) is 24.3 Å². The molecule has 3 saturated heterocycles. The zero-order valence-corrected chi connectivity index (χ0v) is 28.0. The fourth-order valence-electron chi connectivity index (χ4n) is 6.69. The van der Waals surface area contributed by atoms with E-state index in [1.807, 2.05) is 20.8 Å². The molecule has 3 aromatic rings. The van der Waals surface area contributed by atoms with Gasteiger partial charge in [0, 0.05) is 50.4 Å². The van der Waals surface area contributed by atoms with Crippen molar-refractivity contribution in [1.29, 1.82) is 0 Å². The molecule has 13 nitrogen and oxygen atoms in total. The van der Waals surface area contributed by atoms with Crippen LogP contribution in [0.1, 0.15) is 50.6 Å². The Morgan fingerprint density at radius 1 is 0.960 bits per heavy atom. The Kier molecular flexibility index (Phi) is 9.52. The number of halogens is 3. The topological polar surface area (TPSA) is 142 Å². The number of carboxylic acid groups (broad SMARTS) is 1. The van der Waals surface area contributed by atoms with Crippen LogP contribution in [0.25, 0.3) is 11.4 Å². The van der Waals surface area contributed by atoms with Gasteiger partial charge in [0.2, 0.25) is 11.7 Å². The SMILES string of the molecule is CC(C)(C)c1ccccc1Oc1ccc(-c2noc(CN3C(=O)N(CCN4CCOCC4)C4(CCN(C(=O)O)CC4)C3=O)n2)cc1C(F)(F)F. The number of likely N-dealkylation sites (tertiary alicyclic amines) is 1. The maximum Gasteiger partial charge on any atom is 0.420 e. The Hall–Kier alpha value is -4.70. The smallest absolute Gasteiger partial charge is 0.420 e. The summed E-state index contributed by atoms with van der Waals surface area (Å²) in [7, 11) is 0. The summed E-state index contributed by atoms with van der Waals surface area (Å²) >= 11 is 0. The van der Waals surface area contributed by atoms with E-state index in [-0.39, 0.29) is 55.2 Å². The van der Waals surface area contributed by atoms with Gasteiger partial charge in [0.1, 0.15) is 23.6 Å². The largest absolute Gasteiger partial charge is 0.465 e. The number of imide groups is 1. The van der Waals surface area contributed by atoms with E-state index in [4.69, 9.17) is 14.0 Å². The zero-order valence-electron chi connectivity index (χ0n) is 28.0. The number of aromatic nitrogens is 2. The molecule has 3 aliphatic rings. The molecule has 4 amide bonds. The molecule has 268 valence electrons. The lowest BCUT2D eigenvalue weighted by atomic mass is 9.86. The van der Waals surface area contributed by atoms with Crippen molar-refractivity contribution in [2.24, 2.45) is 0 Å². The minimum Gasteiger partial charge on any atom is -0.465 e. The van der Waals surface area contributed by atoms with Crippen molar-refractivity contribution in [2.75, 3.05) is 52.5 Å². The lowest BCUT2D eigenvalue weighted by molar-refractivity contribution is -0.138. The minimum atomic E-state index is -4.78. The summed E-state index contributed by atoms with van der Waals surface area (Å²) in [5.74, 6) is -0.926. The molecule has 1 aromatic heterocycles. The summed E-state index contributed by atoms with van der Waals surface area (Å²) in [4.78, 5) is 49.5. The van der Waals surface area contributed by atoms with Crippen molar-refractivity contribution in [3.8, 4) is 22.9 Å². The molecular formula is C34H39F3N6O7. The van der Waals surface area contributed by atoms with Crippen molar-refractivity contribution < 1.29 is 46.7 Å². The number of carbonyl (C=O) groups excluding carboxylic acids is 2. The Morgan fingerprint density at radius 3 is 2.30 bits per heavy atom. The Balaban J connectivity index is 1.23. The molecule has 6 rings (SSSR count). The molecule has 50 heavy (non-hydrogen) atoms. The van der Waals surface area contributed by atoms with Gasteiger partial charge in [-0.1, -0.05) is 44.1 Å². The molecule has 3 aliphatic heterocycles. The van der Waals surface area contributed by atoms with Crippen LogP contribution in [0.2, 0.25) is 0 Å². The number of para-hydroxylation sites is 1. The molecule has 2 aromatic carbocycles. The highest BCUT2D eigenvalue weighted by Crippen LogP contribution is 2.43. The molecular weight excluding hydrogens is 661 g/mol. The van der Waals surface area contributed by atoms with Gasteiger partial charge in [0.05, 0.1) is 18.8 Å². The number of nitrogens with zero attached hydrogens (tertiary/aromatic N) is 6. The van der Waals surface area contributed by atoms with Gasteiger partial charge in [-0.2, -0.15) is 18.2 Å². The van der Waals surface area contributed by atoms with Gasteiger partial charge in [-0.05, 0) is 42.5 Å². The molecule has 16 heteroatoms. The van der Waals surface area contributed by atoms with Crippen LogP contribution < -0.4 is 4.74 Å². The summed E-state index contributed by atoms with van der Waals surface area (Å²) in [5, 5.41) is 13.4. The average Bonchev–Trinajstić information content (AvgIpc) is 3.61. The number of rotatable bonds is 8. The number of amides is 4. The van der Waals surface area contributed by atoms with Gasteiger partial charge in [-0.3, -0.25) is 14.6 Å². The molecule has 4 heterocycles. The van der Waals surface area contributed by atoms with Gasteiger partial charge < -0.3 is 28.9 Å². The third kappa shape index (κ3) is 6.99. The first kappa shape index (κ1) is 35.1. The summed E-state index contributed by atoms with van der Waals surface area (Å²) < 4.78 is 59.6. The van der Waals surface area contributed by atoms with Crippen molar-refractivity contribution in [3.05, 3.63) is 59.5 Å². The van der Waals surface area contributed by atoms with Gasteiger partial charge in [-0.15, -0.1) is 0 Å². The van der Waals surface area contributed by atoms with Crippen LogP contribution in [0, 0.1) is 0 Å². The number of morpholine rings is 1. The molecule has 0 radical (unpaired) electrons. The fraction of sp³-hybridized carbons (Fsp3) is 0.500. The molecule has 3 fully saturated rings. The fourth-order valence-corrected chi connectivity index (χ4v) is 6.69. The number of benzene rings is 2. The highest BCUT2D eigenvalue weighted by Gasteiger charge is 2.58. The van der Waals surface area contributed by atoms with Crippen molar-refractivity contribution in [2.45, 2.75) is 57.3 Å². The number of ether oxygens (including phenoxy) is 2. The van der Waals surface area contributed by atoms with Crippen molar-refractivity contribution in [3.63, 3.8) is 0 Å². The monoisotopic (exact) mass is 700 g/mol. The number of hydrogen-bond acceptors (Lipinski definition) is 9. The first-order chi connectivity index (χ1) is 23.7. The van der Waals surface area contributed by atoms with Gasteiger partial charge >= 0.3 is 18.3 Å². The minimum absolute atomic E-state index is 0.00694. The predicted molar refractivity (Wildman–Crippen MR) is 171 cm³/mol. The second kappa shape index (κ2) is 13.5. The van der Waals surface area contributed by atoms with E-state index in [1.165, 1.54) is 21.9 Å². The first-order valence-corrected chi connectivity index (χ1v) is 16.4. The van der Waals surface area contributed by atoms with Crippen LogP contribution in [0.4, 0.5) is 22.8 Å². The van der Waals surface area contributed by atoms with E-state index >= 15 is 0 Å². The lowest BCUT2D eigenvalue weighted by Crippen LogP contribution is -2.58. The van der Waals surface area contributed by atoms with Crippen molar-refractivity contribution in [1.82, 2.24) is 29.7 Å². The molecule has 1 spiro atoms. The quantitative estimate of drug-likeness (QED) is 0.302. The van der Waals surface area contributed by atoms with E-state index in [0.717, 1.165) is 16.5 Å². The third-order valence-corrected chi connectivity index (χ3v) is 9.45. The number of hydrogen-bond donors (Lipinski definition) is 1. The summed E-state index contributed by atoms with van der Waals surface area (Å²) in [6.45, 7) is 8.75. The predicted octanol–water partition coefficient (Wildman–Crippen LogP) is 5.45. The van der Waals surface area contributed by atoms with Gasteiger partial charge in [0.25, 0.3) is 5.91 Å². The second-order valence-electron chi connectivity index (χ2n) is 13.6. The molecule has 0 aliphatic carbocycles. The first-order valence-electron chi connectivity index (χ1n) is 16.4. The standard InChI is InChI=1S/C34H39F3N6O7/c1-32(2,3)23-6-4-5-7-25(23)49-26-9-8-22(20-24(26)34(35,36)37)28-38-27(50-39-28)21-42-29(44)33(10-12-41(13-11-33)31(46)47)43(30(42)45)15-14-40-16-18-48-19-17-40/h4-9,20H,10-19,21H2,1-3H3,(H,46,47). The van der Waals surface area contributed by atoms with Crippen LogP contribution in [-0.2, 0) is 27.7 Å². The number of alkyl halides is 3. The third-order valence-electron chi connectivity index (χ3n) is 9.45. The van der Waals surface area contributed by atoms with E-state index in [9.17, 15) is 32.7 Å². The number of carbonyl (C=O) groups is 3. The van der Waals surface area contributed by atoms with Gasteiger partial charge in [-0.25, -0.2) is 9.59 Å². The number of urea groups is 1. The molecule has 0 atom stereocenters. The Labute approximate surface area is 286 Å². The van der Waals surface area contributed by atoms with Crippen LogP contribution in [0.3, 0.4) is 0 Å². The maximum absolute atomic E-state index is 14.3.